The first-order valence-corrected chi connectivity index (χ1v) is 15.7. The van der Waals surface area contributed by atoms with E-state index < -0.39 is 11.7 Å². The van der Waals surface area contributed by atoms with Crippen molar-refractivity contribution in [2.45, 2.75) is 68.7 Å². The lowest BCUT2D eigenvalue weighted by atomic mass is 9.43. The number of rotatable bonds is 9. The van der Waals surface area contributed by atoms with Gasteiger partial charge in [-0.05, 0) is 56.0 Å². The molecular formula is C33H47NO8. The Bertz CT molecular complexity index is 1190. The Labute approximate surface area is 249 Å². The van der Waals surface area contributed by atoms with Crippen LogP contribution in [-0.4, -0.2) is 107 Å². The number of benzene rings is 1. The molecule has 6 aliphatic rings. The molecule has 7 rings (SSSR count). The number of carbonyl (C=O) groups is 1. The van der Waals surface area contributed by atoms with Gasteiger partial charge in [-0.25, -0.2) is 4.79 Å². The molecule has 13 unspecified atom stereocenters. The first-order chi connectivity index (χ1) is 20.3. The van der Waals surface area contributed by atoms with Crippen molar-refractivity contribution in [1.82, 2.24) is 4.90 Å². The third-order valence-electron chi connectivity index (χ3n) is 12.9. The van der Waals surface area contributed by atoms with Crippen LogP contribution >= 0.6 is 0 Å². The molecule has 0 amide bonds. The van der Waals surface area contributed by atoms with Crippen molar-refractivity contribution in [2.75, 3.05) is 55.2 Å². The minimum absolute atomic E-state index is 0.00532. The van der Waals surface area contributed by atoms with Gasteiger partial charge < -0.3 is 33.5 Å². The SMILES string of the molecule is CCN1CC2(COC)CCC(OC)C34C5CC6C(OC)CC(O)(C5C6OC(=O)c5ccc(OC)cc5)C(C(OC)C23)C14. The zero-order valence-electron chi connectivity index (χ0n) is 25.8. The number of hydrogen-bond donors (Lipinski definition) is 1. The summed E-state index contributed by atoms with van der Waals surface area (Å²) in [6, 6.07) is 7.13. The molecular weight excluding hydrogens is 538 g/mol. The quantitative estimate of drug-likeness (QED) is 0.439. The van der Waals surface area contributed by atoms with E-state index >= 15 is 0 Å². The highest BCUT2D eigenvalue weighted by molar-refractivity contribution is 5.89. The number of carbonyl (C=O) groups excluding carboxylic acids is 1. The molecule has 1 heterocycles. The lowest BCUT2D eigenvalue weighted by Gasteiger charge is -2.69. The number of piperidine rings is 1. The van der Waals surface area contributed by atoms with Crippen LogP contribution in [-0.2, 0) is 23.7 Å². The molecule has 1 spiro atoms. The van der Waals surface area contributed by atoms with Crippen LogP contribution in [0.3, 0.4) is 0 Å². The Balaban J connectivity index is 1.38. The van der Waals surface area contributed by atoms with Crippen molar-refractivity contribution in [2.24, 2.45) is 40.4 Å². The number of likely N-dealkylation sites (tertiary alicyclic amines) is 1. The smallest absolute Gasteiger partial charge is 0.338 e. The van der Waals surface area contributed by atoms with Gasteiger partial charge >= 0.3 is 5.97 Å². The minimum atomic E-state index is -1.12. The van der Waals surface area contributed by atoms with Crippen LogP contribution in [0.5, 0.6) is 5.75 Å². The average Bonchev–Trinajstić information content (AvgIpc) is 3.44. The Morgan fingerprint density at radius 2 is 1.79 bits per heavy atom. The van der Waals surface area contributed by atoms with Gasteiger partial charge in [0.2, 0.25) is 0 Å². The molecule has 6 fully saturated rings. The van der Waals surface area contributed by atoms with Gasteiger partial charge in [-0.15, -0.1) is 0 Å². The summed E-state index contributed by atoms with van der Waals surface area (Å²) in [5.74, 6) is 0.168. The topological polar surface area (TPSA) is 95.9 Å². The number of methoxy groups -OCH3 is 5. The van der Waals surface area contributed by atoms with Crippen molar-refractivity contribution in [3.63, 3.8) is 0 Å². The maximum absolute atomic E-state index is 13.7. The van der Waals surface area contributed by atoms with Crippen molar-refractivity contribution in [1.29, 1.82) is 0 Å². The van der Waals surface area contributed by atoms with Crippen LogP contribution in [0, 0.1) is 40.4 Å². The molecule has 1 aliphatic heterocycles. The number of aliphatic hydroxyl groups is 1. The number of esters is 1. The van der Waals surface area contributed by atoms with Crippen LogP contribution in [0.25, 0.3) is 0 Å². The van der Waals surface area contributed by atoms with Crippen LogP contribution in [0.15, 0.2) is 24.3 Å². The molecule has 1 aromatic carbocycles. The van der Waals surface area contributed by atoms with Crippen molar-refractivity contribution in [3.8, 4) is 5.75 Å². The standard InChI is InChI=1S/C33H47NO8/c1-7-34-16-31(17-37-2)13-12-23(40-5)33-21-14-20-22(39-4)15-32(36,25(29(33)34)27(41-6)28(31)33)24(21)26(20)42-30(35)18-8-10-19(38-3)11-9-18/h8-11,20-29,36H,7,12-17H2,1-6H3. The number of fused-ring (bicyclic) bond motifs is 2. The van der Waals surface area contributed by atoms with Gasteiger partial charge in [-0.1, -0.05) is 6.92 Å². The lowest BCUT2D eigenvalue weighted by molar-refractivity contribution is -0.276. The summed E-state index contributed by atoms with van der Waals surface area (Å²) in [7, 11) is 8.80. The van der Waals surface area contributed by atoms with E-state index in [0.717, 1.165) is 32.4 Å². The molecule has 232 valence electrons. The van der Waals surface area contributed by atoms with E-state index in [4.69, 9.17) is 28.4 Å². The molecule has 1 aromatic rings. The largest absolute Gasteiger partial charge is 0.497 e. The fourth-order valence-corrected chi connectivity index (χ4v) is 12.0. The second-order valence-electron chi connectivity index (χ2n) is 13.9. The van der Waals surface area contributed by atoms with Gasteiger partial charge in [0.15, 0.2) is 0 Å². The van der Waals surface area contributed by atoms with Gasteiger partial charge in [0, 0.05) is 81.9 Å². The van der Waals surface area contributed by atoms with E-state index in [1.165, 1.54) is 0 Å². The van der Waals surface area contributed by atoms with E-state index in [1.54, 1.807) is 45.6 Å². The molecule has 5 saturated carbocycles. The number of ether oxygens (including phenoxy) is 6. The fourth-order valence-electron chi connectivity index (χ4n) is 12.0. The Morgan fingerprint density at radius 1 is 1.02 bits per heavy atom. The van der Waals surface area contributed by atoms with Gasteiger partial charge in [0.25, 0.3) is 0 Å². The molecule has 42 heavy (non-hydrogen) atoms. The summed E-state index contributed by atoms with van der Waals surface area (Å²) in [4.78, 5) is 16.3. The van der Waals surface area contributed by atoms with Crippen molar-refractivity contribution < 1.29 is 38.3 Å². The van der Waals surface area contributed by atoms with Crippen LogP contribution in [0.4, 0.5) is 0 Å². The second kappa shape index (κ2) is 10.1. The monoisotopic (exact) mass is 585 g/mol. The predicted octanol–water partition coefficient (Wildman–Crippen LogP) is 3.03. The van der Waals surface area contributed by atoms with E-state index in [9.17, 15) is 9.90 Å². The molecule has 1 saturated heterocycles. The van der Waals surface area contributed by atoms with Gasteiger partial charge in [-0.2, -0.15) is 0 Å². The molecule has 9 heteroatoms. The Kier molecular flexibility index (Phi) is 7.00. The van der Waals surface area contributed by atoms with E-state index in [2.05, 4.69) is 11.8 Å². The maximum atomic E-state index is 13.7. The maximum Gasteiger partial charge on any atom is 0.338 e. The molecule has 5 aliphatic carbocycles. The summed E-state index contributed by atoms with van der Waals surface area (Å²) in [5.41, 5.74) is -1.01. The fraction of sp³-hybridized carbons (Fsp3) is 0.788. The van der Waals surface area contributed by atoms with E-state index in [0.29, 0.717) is 24.3 Å². The molecule has 1 N–H and O–H groups in total. The van der Waals surface area contributed by atoms with Crippen LogP contribution in [0.2, 0.25) is 0 Å². The van der Waals surface area contributed by atoms with Crippen molar-refractivity contribution >= 4 is 5.97 Å². The number of hydrogen-bond acceptors (Lipinski definition) is 9. The van der Waals surface area contributed by atoms with Crippen molar-refractivity contribution in [3.05, 3.63) is 29.8 Å². The van der Waals surface area contributed by atoms with Gasteiger partial charge in [-0.3, -0.25) is 4.90 Å². The van der Waals surface area contributed by atoms with Crippen LogP contribution in [0.1, 0.15) is 43.0 Å². The zero-order valence-corrected chi connectivity index (χ0v) is 25.8. The summed E-state index contributed by atoms with van der Waals surface area (Å²) < 4.78 is 36.9. The third-order valence-corrected chi connectivity index (χ3v) is 12.9. The van der Waals surface area contributed by atoms with Crippen LogP contribution < -0.4 is 4.74 Å². The summed E-state index contributed by atoms with van der Waals surface area (Å²) in [5, 5.41) is 13.2. The molecule has 9 nitrogen and oxygen atoms in total. The summed E-state index contributed by atoms with van der Waals surface area (Å²) >= 11 is 0. The predicted molar refractivity (Wildman–Crippen MR) is 153 cm³/mol. The van der Waals surface area contributed by atoms with E-state index in [1.807, 2.05) is 14.2 Å². The molecule has 0 radical (unpaired) electrons. The first-order valence-electron chi connectivity index (χ1n) is 15.7. The number of nitrogens with zero attached hydrogens (tertiary/aromatic N) is 1. The van der Waals surface area contributed by atoms with Gasteiger partial charge in [0.05, 0.1) is 43.2 Å². The average molecular weight is 586 g/mol. The highest BCUT2D eigenvalue weighted by Gasteiger charge is 2.86. The second-order valence-corrected chi connectivity index (χ2v) is 13.9. The molecule has 7 bridgehead atoms. The minimum Gasteiger partial charge on any atom is -0.497 e. The summed E-state index contributed by atoms with van der Waals surface area (Å²) in [6.45, 7) is 4.70. The normalized spacial score (nSPS) is 48.3. The highest BCUT2D eigenvalue weighted by Crippen LogP contribution is 2.79. The molecule has 13 atom stereocenters. The third kappa shape index (κ3) is 3.44. The summed E-state index contributed by atoms with van der Waals surface area (Å²) in [6.07, 6.45) is 2.45. The van der Waals surface area contributed by atoms with Gasteiger partial charge in [0.1, 0.15) is 11.9 Å². The lowest BCUT2D eigenvalue weighted by Crippen LogP contribution is -2.76. The highest BCUT2D eigenvalue weighted by atomic mass is 16.6. The Morgan fingerprint density at radius 3 is 2.40 bits per heavy atom. The zero-order chi connectivity index (χ0) is 29.6. The Hall–Kier alpha value is -1.75. The first kappa shape index (κ1) is 29.0. The van der Waals surface area contributed by atoms with E-state index in [-0.39, 0.29) is 70.7 Å². The molecule has 0 aromatic heterocycles.